The van der Waals surface area contributed by atoms with Crippen molar-refractivity contribution < 1.29 is 19.1 Å². The van der Waals surface area contributed by atoms with Gasteiger partial charge in [-0.25, -0.2) is 0 Å². The summed E-state index contributed by atoms with van der Waals surface area (Å²) in [6, 6.07) is 8.69. The maximum atomic E-state index is 13.1. The summed E-state index contributed by atoms with van der Waals surface area (Å²) < 4.78 is 11.4. The summed E-state index contributed by atoms with van der Waals surface area (Å²) in [5.41, 5.74) is 1.30. The van der Waals surface area contributed by atoms with Gasteiger partial charge in [-0.15, -0.1) is 0 Å². The monoisotopic (exact) mass is 464 g/mol. The van der Waals surface area contributed by atoms with Crippen molar-refractivity contribution in [1.82, 2.24) is 9.80 Å². The molecule has 2 aromatic carbocycles. The summed E-state index contributed by atoms with van der Waals surface area (Å²) in [4.78, 5) is 28.0. The van der Waals surface area contributed by atoms with Crippen molar-refractivity contribution in [3.8, 4) is 17.2 Å². The predicted octanol–water partition coefficient (Wildman–Crippen LogP) is 5.22. The number of piperazine rings is 1. The van der Waals surface area contributed by atoms with E-state index in [9.17, 15) is 9.59 Å². The normalized spacial score (nSPS) is 14.0. The SMILES string of the molecule is COc1ccc(Oc2c(Cl)ccc(C(=O)N3CCN(C(C)=O)CC3)c2Cl)cc1C(C)C. The second-order valence-corrected chi connectivity index (χ2v) is 8.48. The third-order valence-electron chi connectivity index (χ3n) is 5.33. The number of hydrogen-bond donors (Lipinski definition) is 0. The summed E-state index contributed by atoms with van der Waals surface area (Å²) in [5, 5.41) is 0.471. The highest BCUT2D eigenvalue weighted by Gasteiger charge is 2.26. The smallest absolute Gasteiger partial charge is 0.255 e. The highest BCUT2D eigenvalue weighted by atomic mass is 35.5. The minimum absolute atomic E-state index is 0.00701. The molecule has 6 nitrogen and oxygen atoms in total. The number of carbonyl (C=O) groups excluding carboxylic acids is 2. The molecule has 0 atom stereocenters. The molecule has 0 N–H and O–H groups in total. The van der Waals surface area contributed by atoms with Crippen molar-refractivity contribution in [2.45, 2.75) is 26.7 Å². The van der Waals surface area contributed by atoms with Crippen molar-refractivity contribution in [2.75, 3.05) is 33.3 Å². The van der Waals surface area contributed by atoms with E-state index in [1.54, 1.807) is 35.1 Å². The minimum Gasteiger partial charge on any atom is -0.496 e. The molecular weight excluding hydrogens is 439 g/mol. The Bertz CT molecular complexity index is 986. The molecule has 2 aromatic rings. The molecule has 0 aromatic heterocycles. The molecule has 31 heavy (non-hydrogen) atoms. The summed E-state index contributed by atoms with van der Waals surface area (Å²) in [6.07, 6.45) is 0. The highest BCUT2D eigenvalue weighted by Crippen LogP contribution is 2.40. The molecule has 0 spiro atoms. The number of rotatable bonds is 5. The van der Waals surface area contributed by atoms with Crippen LogP contribution < -0.4 is 9.47 Å². The van der Waals surface area contributed by atoms with Gasteiger partial charge in [0.2, 0.25) is 5.91 Å². The first-order valence-electron chi connectivity index (χ1n) is 10.1. The fourth-order valence-electron chi connectivity index (χ4n) is 3.53. The lowest BCUT2D eigenvalue weighted by atomic mass is 10.0. The first-order chi connectivity index (χ1) is 14.7. The summed E-state index contributed by atoms with van der Waals surface area (Å²) in [6.45, 7) is 7.55. The Labute approximate surface area is 192 Å². The van der Waals surface area contributed by atoms with Crippen LogP contribution >= 0.6 is 23.2 Å². The fraction of sp³-hybridized carbons (Fsp3) is 0.391. The van der Waals surface area contributed by atoms with E-state index < -0.39 is 0 Å². The lowest BCUT2D eigenvalue weighted by Crippen LogP contribution is -2.50. The van der Waals surface area contributed by atoms with Gasteiger partial charge >= 0.3 is 0 Å². The van der Waals surface area contributed by atoms with Crippen LogP contribution in [-0.2, 0) is 4.79 Å². The number of ether oxygens (including phenoxy) is 2. The second kappa shape index (κ2) is 9.79. The van der Waals surface area contributed by atoms with Crippen molar-refractivity contribution >= 4 is 35.0 Å². The number of halogens is 2. The van der Waals surface area contributed by atoms with Crippen LogP contribution in [0.2, 0.25) is 10.0 Å². The van der Waals surface area contributed by atoms with E-state index in [1.807, 2.05) is 12.1 Å². The van der Waals surface area contributed by atoms with Crippen molar-refractivity contribution in [3.63, 3.8) is 0 Å². The van der Waals surface area contributed by atoms with Gasteiger partial charge in [0.05, 0.1) is 22.7 Å². The Morgan fingerprint density at radius 2 is 1.65 bits per heavy atom. The summed E-state index contributed by atoms with van der Waals surface area (Å²) in [7, 11) is 1.63. The van der Waals surface area contributed by atoms with E-state index in [-0.39, 0.29) is 28.5 Å². The Kier molecular flexibility index (Phi) is 7.34. The Balaban J connectivity index is 1.85. The van der Waals surface area contributed by atoms with Crippen LogP contribution in [0, 0.1) is 0 Å². The van der Waals surface area contributed by atoms with Crippen LogP contribution in [-0.4, -0.2) is 54.9 Å². The van der Waals surface area contributed by atoms with Gasteiger partial charge in [0.15, 0.2) is 5.75 Å². The van der Waals surface area contributed by atoms with Crippen LogP contribution in [0.25, 0.3) is 0 Å². The standard InChI is InChI=1S/C23H26Cl2N2O4/c1-14(2)18-13-16(5-8-20(18)30-4)31-22-19(24)7-6-17(21(22)25)23(29)27-11-9-26(10-12-27)15(3)28/h5-8,13-14H,9-12H2,1-4H3. The topological polar surface area (TPSA) is 59.1 Å². The third kappa shape index (κ3) is 5.08. The minimum atomic E-state index is -0.215. The van der Waals surface area contributed by atoms with Crippen LogP contribution in [0.3, 0.4) is 0 Å². The van der Waals surface area contributed by atoms with Gasteiger partial charge < -0.3 is 19.3 Å². The van der Waals surface area contributed by atoms with Crippen LogP contribution in [0.5, 0.6) is 17.2 Å². The molecular formula is C23H26Cl2N2O4. The third-order valence-corrected chi connectivity index (χ3v) is 6.01. The van der Waals surface area contributed by atoms with Gasteiger partial charge in [0, 0.05) is 38.7 Å². The number of hydrogen-bond acceptors (Lipinski definition) is 4. The lowest BCUT2D eigenvalue weighted by Gasteiger charge is -2.34. The zero-order valence-electron chi connectivity index (χ0n) is 18.1. The zero-order chi connectivity index (χ0) is 22.7. The molecule has 3 rings (SSSR count). The molecule has 0 saturated carbocycles. The molecule has 0 aliphatic carbocycles. The van der Waals surface area contributed by atoms with Gasteiger partial charge in [-0.3, -0.25) is 9.59 Å². The Morgan fingerprint density at radius 1 is 1.00 bits per heavy atom. The summed E-state index contributed by atoms with van der Waals surface area (Å²) in [5.74, 6) is 1.57. The molecule has 0 bridgehead atoms. The lowest BCUT2D eigenvalue weighted by molar-refractivity contribution is -0.130. The Hall–Kier alpha value is -2.44. The molecule has 0 unspecified atom stereocenters. The first-order valence-corrected chi connectivity index (χ1v) is 10.9. The van der Waals surface area contributed by atoms with Gasteiger partial charge in [0.25, 0.3) is 5.91 Å². The Morgan fingerprint density at radius 3 is 2.23 bits per heavy atom. The fourth-order valence-corrected chi connectivity index (χ4v) is 4.06. The maximum Gasteiger partial charge on any atom is 0.255 e. The predicted molar refractivity (Wildman–Crippen MR) is 122 cm³/mol. The van der Waals surface area contributed by atoms with E-state index in [0.717, 1.165) is 11.3 Å². The average Bonchev–Trinajstić information content (AvgIpc) is 2.76. The average molecular weight is 465 g/mol. The maximum absolute atomic E-state index is 13.1. The van der Waals surface area contributed by atoms with Gasteiger partial charge in [0.1, 0.15) is 11.5 Å². The van der Waals surface area contributed by atoms with Crippen LogP contribution in [0.15, 0.2) is 30.3 Å². The second-order valence-electron chi connectivity index (χ2n) is 7.70. The van der Waals surface area contributed by atoms with Gasteiger partial charge in [-0.2, -0.15) is 0 Å². The molecule has 166 valence electrons. The number of benzene rings is 2. The first kappa shape index (κ1) is 23.2. The van der Waals surface area contributed by atoms with Crippen LogP contribution in [0.4, 0.5) is 0 Å². The summed E-state index contributed by atoms with van der Waals surface area (Å²) >= 11 is 12.9. The number of methoxy groups -OCH3 is 1. The van der Waals surface area contributed by atoms with E-state index >= 15 is 0 Å². The molecule has 1 fully saturated rings. The van der Waals surface area contributed by atoms with E-state index in [1.165, 1.54) is 6.92 Å². The zero-order valence-corrected chi connectivity index (χ0v) is 19.6. The molecule has 2 amide bonds. The molecule has 1 aliphatic heterocycles. The number of carbonyl (C=O) groups is 2. The van der Waals surface area contributed by atoms with Crippen molar-refractivity contribution in [3.05, 3.63) is 51.5 Å². The highest BCUT2D eigenvalue weighted by molar-refractivity contribution is 6.39. The van der Waals surface area contributed by atoms with Gasteiger partial charge in [-0.05, 0) is 36.2 Å². The van der Waals surface area contributed by atoms with E-state index in [4.69, 9.17) is 32.7 Å². The number of amides is 2. The molecule has 1 heterocycles. The number of nitrogens with zero attached hydrogens (tertiary/aromatic N) is 2. The molecule has 0 radical (unpaired) electrons. The molecule has 1 saturated heterocycles. The van der Waals surface area contributed by atoms with Crippen molar-refractivity contribution in [2.24, 2.45) is 0 Å². The van der Waals surface area contributed by atoms with Crippen molar-refractivity contribution in [1.29, 1.82) is 0 Å². The van der Waals surface area contributed by atoms with E-state index in [2.05, 4.69) is 13.8 Å². The van der Waals surface area contributed by atoms with E-state index in [0.29, 0.717) is 42.5 Å². The quantitative estimate of drug-likeness (QED) is 0.608. The van der Waals surface area contributed by atoms with Crippen LogP contribution in [0.1, 0.15) is 42.6 Å². The largest absolute Gasteiger partial charge is 0.496 e. The molecule has 1 aliphatic rings. The molecule has 8 heteroatoms. The van der Waals surface area contributed by atoms with Gasteiger partial charge in [-0.1, -0.05) is 37.0 Å².